The SMILES string of the molecule is COCCCNC(=O)/C(C#N)=C/c1ccc(Br)o1. The van der Waals surface area contributed by atoms with Gasteiger partial charge in [0.25, 0.3) is 5.91 Å². The number of rotatable bonds is 6. The lowest BCUT2D eigenvalue weighted by molar-refractivity contribution is -0.117. The molecule has 0 aliphatic carbocycles. The van der Waals surface area contributed by atoms with Gasteiger partial charge >= 0.3 is 0 Å². The van der Waals surface area contributed by atoms with E-state index in [9.17, 15) is 4.79 Å². The summed E-state index contributed by atoms with van der Waals surface area (Å²) >= 11 is 3.15. The van der Waals surface area contributed by atoms with E-state index in [1.165, 1.54) is 6.08 Å². The molecule has 1 aromatic rings. The summed E-state index contributed by atoms with van der Waals surface area (Å²) in [7, 11) is 1.59. The molecular formula is C12H13BrN2O3. The Morgan fingerprint density at radius 1 is 1.67 bits per heavy atom. The summed E-state index contributed by atoms with van der Waals surface area (Å²) in [6, 6.07) is 5.20. The fourth-order valence-electron chi connectivity index (χ4n) is 1.21. The van der Waals surface area contributed by atoms with Gasteiger partial charge in [-0.3, -0.25) is 4.79 Å². The molecule has 5 nitrogen and oxygen atoms in total. The summed E-state index contributed by atoms with van der Waals surface area (Å²) < 4.78 is 10.6. The number of nitrogens with one attached hydrogen (secondary N) is 1. The molecule has 1 amide bonds. The Morgan fingerprint density at radius 3 is 3.00 bits per heavy atom. The molecule has 1 N–H and O–H groups in total. The van der Waals surface area contributed by atoms with Crippen LogP contribution in [0, 0.1) is 11.3 Å². The Kier molecular flexibility index (Phi) is 6.19. The number of methoxy groups -OCH3 is 1. The normalized spacial score (nSPS) is 11.1. The van der Waals surface area contributed by atoms with Gasteiger partial charge in [0.1, 0.15) is 17.4 Å². The van der Waals surface area contributed by atoms with Crippen molar-refractivity contribution in [3.63, 3.8) is 0 Å². The lowest BCUT2D eigenvalue weighted by atomic mass is 10.2. The highest BCUT2D eigenvalue weighted by Crippen LogP contribution is 2.16. The first kappa shape index (κ1) is 14.5. The number of furan rings is 1. The molecule has 1 rings (SSSR count). The zero-order valence-corrected chi connectivity index (χ0v) is 11.5. The Balaban J connectivity index is 2.58. The maximum Gasteiger partial charge on any atom is 0.262 e. The lowest BCUT2D eigenvalue weighted by Crippen LogP contribution is -2.26. The fourth-order valence-corrected chi connectivity index (χ4v) is 1.53. The van der Waals surface area contributed by atoms with Gasteiger partial charge in [-0.15, -0.1) is 0 Å². The number of hydrogen-bond donors (Lipinski definition) is 1. The summed E-state index contributed by atoms with van der Waals surface area (Å²) in [6.07, 6.45) is 2.10. The molecule has 0 spiro atoms. The molecule has 0 fully saturated rings. The number of carbonyl (C=O) groups is 1. The van der Waals surface area contributed by atoms with Crippen LogP contribution in [0.4, 0.5) is 0 Å². The number of halogens is 1. The van der Waals surface area contributed by atoms with Crippen LogP contribution < -0.4 is 5.32 Å². The van der Waals surface area contributed by atoms with Gasteiger partial charge < -0.3 is 14.5 Å². The van der Waals surface area contributed by atoms with Crippen molar-refractivity contribution < 1.29 is 13.9 Å². The fraction of sp³-hybridized carbons (Fsp3) is 0.333. The van der Waals surface area contributed by atoms with Crippen LogP contribution in [0.25, 0.3) is 6.08 Å². The molecule has 0 atom stereocenters. The minimum absolute atomic E-state index is 0.00858. The summed E-state index contributed by atoms with van der Waals surface area (Å²) in [5.41, 5.74) is 0.00858. The lowest BCUT2D eigenvalue weighted by Gasteiger charge is -2.02. The van der Waals surface area contributed by atoms with Gasteiger partial charge in [-0.2, -0.15) is 5.26 Å². The van der Waals surface area contributed by atoms with Crippen LogP contribution in [0.1, 0.15) is 12.2 Å². The van der Waals surface area contributed by atoms with Crippen molar-refractivity contribution in [2.24, 2.45) is 0 Å². The van der Waals surface area contributed by atoms with Crippen molar-refractivity contribution >= 4 is 27.9 Å². The van der Waals surface area contributed by atoms with Crippen LogP contribution in [0.3, 0.4) is 0 Å². The molecule has 0 radical (unpaired) electrons. The van der Waals surface area contributed by atoms with Crippen molar-refractivity contribution in [1.82, 2.24) is 5.32 Å². The Hall–Kier alpha value is -1.58. The Morgan fingerprint density at radius 2 is 2.44 bits per heavy atom. The van der Waals surface area contributed by atoms with Gasteiger partial charge in [-0.25, -0.2) is 0 Å². The molecule has 96 valence electrons. The van der Waals surface area contributed by atoms with E-state index < -0.39 is 5.91 Å². The first-order chi connectivity index (χ1) is 8.67. The second-order valence-corrected chi connectivity index (χ2v) is 4.20. The molecule has 0 bridgehead atoms. The second-order valence-electron chi connectivity index (χ2n) is 3.41. The minimum atomic E-state index is -0.416. The average Bonchev–Trinajstić information content (AvgIpc) is 2.77. The largest absolute Gasteiger partial charge is 0.450 e. The van der Waals surface area contributed by atoms with Crippen LogP contribution in [0.5, 0.6) is 0 Å². The van der Waals surface area contributed by atoms with Crippen molar-refractivity contribution in [3.8, 4) is 6.07 Å². The predicted octanol–water partition coefficient (Wildman–Crippen LogP) is 2.10. The zero-order valence-electron chi connectivity index (χ0n) is 9.90. The second kappa shape index (κ2) is 7.69. The molecule has 6 heteroatoms. The summed E-state index contributed by atoms with van der Waals surface area (Å²) in [4.78, 5) is 11.7. The van der Waals surface area contributed by atoms with Crippen LogP contribution in [0.15, 0.2) is 26.8 Å². The van der Waals surface area contributed by atoms with E-state index in [1.54, 1.807) is 19.2 Å². The summed E-state index contributed by atoms with van der Waals surface area (Å²) in [6.45, 7) is 1.03. The Bertz CT molecular complexity index is 474. The van der Waals surface area contributed by atoms with E-state index >= 15 is 0 Å². The van der Waals surface area contributed by atoms with E-state index in [0.29, 0.717) is 30.0 Å². The van der Waals surface area contributed by atoms with Gasteiger partial charge in [0, 0.05) is 26.3 Å². The number of amides is 1. The molecule has 1 aromatic heterocycles. The van der Waals surface area contributed by atoms with Crippen molar-refractivity contribution in [3.05, 3.63) is 28.1 Å². The standard InChI is InChI=1S/C12H13BrN2O3/c1-17-6-2-5-15-12(16)9(8-14)7-10-3-4-11(13)18-10/h3-4,7H,2,5-6H2,1H3,(H,15,16)/b9-7+. The third-order valence-corrected chi connectivity index (χ3v) is 2.48. The van der Waals surface area contributed by atoms with E-state index in [2.05, 4.69) is 21.2 Å². The molecule has 0 unspecified atom stereocenters. The van der Waals surface area contributed by atoms with E-state index in [1.807, 2.05) is 6.07 Å². The number of nitrogens with zero attached hydrogens (tertiary/aromatic N) is 1. The number of nitriles is 1. The van der Waals surface area contributed by atoms with Crippen LogP contribution in [-0.4, -0.2) is 26.2 Å². The van der Waals surface area contributed by atoms with E-state index in [-0.39, 0.29) is 5.57 Å². The molecule has 0 saturated carbocycles. The topological polar surface area (TPSA) is 75.3 Å². The summed E-state index contributed by atoms with van der Waals surface area (Å²) in [5, 5.41) is 11.5. The van der Waals surface area contributed by atoms with Crippen molar-refractivity contribution in [1.29, 1.82) is 5.26 Å². The number of ether oxygens (including phenoxy) is 1. The van der Waals surface area contributed by atoms with Crippen LogP contribution in [0.2, 0.25) is 0 Å². The third kappa shape index (κ3) is 4.73. The van der Waals surface area contributed by atoms with Crippen LogP contribution >= 0.6 is 15.9 Å². The minimum Gasteiger partial charge on any atom is -0.450 e. The highest BCUT2D eigenvalue weighted by atomic mass is 79.9. The first-order valence-electron chi connectivity index (χ1n) is 5.31. The zero-order chi connectivity index (χ0) is 13.4. The molecular weight excluding hydrogens is 300 g/mol. The monoisotopic (exact) mass is 312 g/mol. The van der Waals surface area contributed by atoms with Gasteiger partial charge in [0.2, 0.25) is 0 Å². The van der Waals surface area contributed by atoms with Crippen molar-refractivity contribution in [2.45, 2.75) is 6.42 Å². The van der Waals surface area contributed by atoms with Crippen molar-refractivity contribution in [2.75, 3.05) is 20.3 Å². The average molecular weight is 313 g/mol. The van der Waals surface area contributed by atoms with Gasteiger partial charge in [0.15, 0.2) is 4.67 Å². The van der Waals surface area contributed by atoms with Gasteiger partial charge in [0.05, 0.1) is 0 Å². The van der Waals surface area contributed by atoms with Crippen LogP contribution in [-0.2, 0) is 9.53 Å². The Labute approximate surface area is 114 Å². The van der Waals surface area contributed by atoms with Gasteiger partial charge in [-0.05, 0) is 34.5 Å². The van der Waals surface area contributed by atoms with E-state index in [4.69, 9.17) is 14.4 Å². The highest BCUT2D eigenvalue weighted by molar-refractivity contribution is 9.10. The van der Waals surface area contributed by atoms with Gasteiger partial charge in [-0.1, -0.05) is 0 Å². The third-order valence-electron chi connectivity index (χ3n) is 2.06. The molecule has 0 aliphatic heterocycles. The molecule has 0 aromatic carbocycles. The highest BCUT2D eigenvalue weighted by Gasteiger charge is 2.09. The number of hydrogen-bond acceptors (Lipinski definition) is 4. The quantitative estimate of drug-likeness (QED) is 0.496. The molecule has 18 heavy (non-hydrogen) atoms. The van der Waals surface area contributed by atoms with E-state index in [0.717, 1.165) is 0 Å². The molecule has 1 heterocycles. The maximum absolute atomic E-state index is 11.7. The maximum atomic E-state index is 11.7. The number of carbonyl (C=O) groups excluding carboxylic acids is 1. The predicted molar refractivity (Wildman–Crippen MR) is 69.5 cm³/mol. The summed E-state index contributed by atoms with van der Waals surface area (Å²) in [5.74, 6) is 0.0339. The first-order valence-corrected chi connectivity index (χ1v) is 6.11. The molecule has 0 aliphatic rings. The molecule has 0 saturated heterocycles. The smallest absolute Gasteiger partial charge is 0.262 e.